The quantitative estimate of drug-likeness (QED) is 0.710. The second-order valence-electron chi connectivity index (χ2n) is 5.77. The Morgan fingerprint density at radius 3 is 2.28 bits per heavy atom. The molecule has 1 saturated carbocycles. The van der Waals surface area contributed by atoms with E-state index in [1.807, 2.05) is 20.8 Å². The van der Waals surface area contributed by atoms with Gasteiger partial charge in [0, 0.05) is 6.61 Å². The van der Waals surface area contributed by atoms with Crippen molar-refractivity contribution in [3.05, 3.63) is 0 Å². The molecule has 0 aromatic carbocycles. The summed E-state index contributed by atoms with van der Waals surface area (Å²) in [4.78, 5) is 11.6. The highest BCUT2D eigenvalue weighted by Gasteiger charge is 2.28. The highest BCUT2D eigenvalue weighted by atomic mass is 16.6. The van der Waals surface area contributed by atoms with Gasteiger partial charge in [-0.2, -0.15) is 0 Å². The van der Waals surface area contributed by atoms with Gasteiger partial charge in [-0.3, -0.25) is 4.79 Å². The van der Waals surface area contributed by atoms with Crippen LogP contribution in [0.4, 0.5) is 0 Å². The molecule has 3 atom stereocenters. The molecule has 4 nitrogen and oxygen atoms in total. The fourth-order valence-electron chi connectivity index (χ4n) is 2.06. The molecular weight excluding hydrogens is 230 g/mol. The molecule has 18 heavy (non-hydrogen) atoms. The average Bonchev–Trinajstić information content (AvgIpc) is 2.22. The fraction of sp³-hybridized carbons (Fsp3) is 0.929. The summed E-state index contributed by atoms with van der Waals surface area (Å²) in [5.41, 5.74) is 5.52. The van der Waals surface area contributed by atoms with Gasteiger partial charge in [-0.25, -0.2) is 0 Å². The molecule has 0 aliphatic heterocycles. The third-order valence-electron chi connectivity index (χ3n) is 3.56. The summed E-state index contributed by atoms with van der Waals surface area (Å²) in [5, 5.41) is 0. The molecule has 0 bridgehead atoms. The van der Waals surface area contributed by atoms with E-state index < -0.39 is 6.04 Å². The first-order valence-corrected chi connectivity index (χ1v) is 6.99. The molecule has 0 amide bonds. The molecule has 0 saturated heterocycles. The van der Waals surface area contributed by atoms with Crippen molar-refractivity contribution in [3.63, 3.8) is 0 Å². The first-order chi connectivity index (χ1) is 8.41. The van der Waals surface area contributed by atoms with Gasteiger partial charge in [0.25, 0.3) is 0 Å². The van der Waals surface area contributed by atoms with Crippen molar-refractivity contribution in [3.8, 4) is 0 Å². The lowest BCUT2D eigenvalue weighted by molar-refractivity contribution is -0.163. The highest BCUT2D eigenvalue weighted by Crippen LogP contribution is 2.27. The van der Waals surface area contributed by atoms with E-state index in [9.17, 15) is 4.79 Å². The first-order valence-electron chi connectivity index (χ1n) is 6.99. The van der Waals surface area contributed by atoms with Crippen LogP contribution in [0.5, 0.6) is 0 Å². The van der Waals surface area contributed by atoms with E-state index in [2.05, 4.69) is 0 Å². The number of hydrogen-bond donors (Lipinski definition) is 1. The summed E-state index contributed by atoms with van der Waals surface area (Å²) < 4.78 is 11.3. The van der Waals surface area contributed by atoms with Gasteiger partial charge in [0.05, 0.1) is 6.10 Å². The number of nitrogens with two attached hydrogens (primary N) is 1. The van der Waals surface area contributed by atoms with Crippen LogP contribution in [0.25, 0.3) is 0 Å². The van der Waals surface area contributed by atoms with Crippen LogP contribution in [0.3, 0.4) is 0 Å². The first kappa shape index (κ1) is 15.4. The van der Waals surface area contributed by atoms with E-state index in [-0.39, 0.29) is 24.1 Å². The number of esters is 1. The number of hydrogen-bond acceptors (Lipinski definition) is 4. The summed E-state index contributed by atoms with van der Waals surface area (Å²) in [6.45, 7) is 8.45. The summed E-state index contributed by atoms with van der Waals surface area (Å²) >= 11 is 0. The standard InChI is InChI=1S/C14H27NO3/c1-9(2)13(18-14(16)10(3)15)11(4)17-8-12-6-5-7-12/h9-13H,5-8,15H2,1-4H3/t10-,11-,13+/m0/s1. The van der Waals surface area contributed by atoms with Crippen LogP contribution in [-0.4, -0.2) is 30.8 Å². The zero-order chi connectivity index (χ0) is 13.7. The van der Waals surface area contributed by atoms with Crippen LogP contribution < -0.4 is 5.73 Å². The predicted molar refractivity (Wildman–Crippen MR) is 71.1 cm³/mol. The molecule has 106 valence electrons. The minimum atomic E-state index is -0.579. The Labute approximate surface area is 110 Å². The van der Waals surface area contributed by atoms with Gasteiger partial charge in [0.2, 0.25) is 0 Å². The molecule has 1 fully saturated rings. The van der Waals surface area contributed by atoms with Gasteiger partial charge in [0.15, 0.2) is 0 Å². The molecule has 2 N–H and O–H groups in total. The topological polar surface area (TPSA) is 61.5 Å². The van der Waals surface area contributed by atoms with Gasteiger partial charge in [-0.1, -0.05) is 20.3 Å². The number of carbonyl (C=O) groups is 1. The Hall–Kier alpha value is -0.610. The Morgan fingerprint density at radius 2 is 1.89 bits per heavy atom. The summed E-state index contributed by atoms with van der Waals surface area (Å²) in [6.07, 6.45) is 3.55. The van der Waals surface area contributed by atoms with E-state index in [0.29, 0.717) is 5.92 Å². The number of rotatable bonds is 7. The van der Waals surface area contributed by atoms with E-state index in [0.717, 1.165) is 6.61 Å². The molecule has 1 aliphatic rings. The molecule has 0 aromatic heterocycles. The molecule has 0 unspecified atom stereocenters. The monoisotopic (exact) mass is 257 g/mol. The van der Waals surface area contributed by atoms with Crippen LogP contribution in [0, 0.1) is 11.8 Å². The van der Waals surface area contributed by atoms with Crippen molar-refractivity contribution in [2.45, 2.75) is 65.2 Å². The SMILES string of the molecule is CC(C)[C@@H](OC(=O)[C@H](C)N)[C@H](C)OCC1CCC1. The lowest BCUT2D eigenvalue weighted by Gasteiger charge is -2.31. The molecule has 0 spiro atoms. The Morgan fingerprint density at radius 1 is 1.28 bits per heavy atom. The maximum atomic E-state index is 11.6. The van der Waals surface area contributed by atoms with Crippen molar-refractivity contribution in [1.29, 1.82) is 0 Å². The summed E-state index contributed by atoms with van der Waals surface area (Å²) in [5.74, 6) is 0.571. The Balaban J connectivity index is 2.40. The van der Waals surface area contributed by atoms with Crippen molar-refractivity contribution in [2.75, 3.05) is 6.61 Å². The largest absolute Gasteiger partial charge is 0.458 e. The Kier molecular flexibility index (Phi) is 6.09. The van der Waals surface area contributed by atoms with Gasteiger partial charge in [-0.15, -0.1) is 0 Å². The maximum absolute atomic E-state index is 11.6. The van der Waals surface area contributed by atoms with Crippen LogP contribution in [0.2, 0.25) is 0 Å². The molecule has 1 rings (SSSR count). The van der Waals surface area contributed by atoms with E-state index in [4.69, 9.17) is 15.2 Å². The van der Waals surface area contributed by atoms with Crippen molar-refractivity contribution >= 4 is 5.97 Å². The second-order valence-corrected chi connectivity index (χ2v) is 5.77. The van der Waals surface area contributed by atoms with Crippen molar-refractivity contribution in [1.82, 2.24) is 0 Å². The van der Waals surface area contributed by atoms with Gasteiger partial charge < -0.3 is 15.2 Å². The Bertz CT molecular complexity index is 262. The number of carbonyl (C=O) groups excluding carboxylic acids is 1. The fourth-order valence-corrected chi connectivity index (χ4v) is 2.06. The smallest absolute Gasteiger partial charge is 0.322 e. The summed E-state index contributed by atoms with van der Waals surface area (Å²) in [7, 11) is 0. The van der Waals surface area contributed by atoms with Crippen LogP contribution in [0.15, 0.2) is 0 Å². The highest BCUT2D eigenvalue weighted by molar-refractivity contribution is 5.75. The van der Waals surface area contributed by atoms with Crippen molar-refractivity contribution in [2.24, 2.45) is 17.6 Å². The zero-order valence-corrected chi connectivity index (χ0v) is 12.0. The normalized spacial score (nSPS) is 21.2. The minimum absolute atomic E-state index is 0.0756. The lowest BCUT2D eigenvalue weighted by Crippen LogP contribution is -2.41. The third kappa shape index (κ3) is 4.58. The predicted octanol–water partition coefficient (Wildman–Crippen LogP) is 2.11. The van der Waals surface area contributed by atoms with Crippen LogP contribution in [0.1, 0.15) is 47.0 Å². The molecule has 1 aliphatic carbocycles. The average molecular weight is 257 g/mol. The van der Waals surface area contributed by atoms with E-state index >= 15 is 0 Å². The van der Waals surface area contributed by atoms with Gasteiger partial charge in [-0.05, 0) is 38.5 Å². The maximum Gasteiger partial charge on any atom is 0.322 e. The second kappa shape index (κ2) is 7.10. The van der Waals surface area contributed by atoms with Gasteiger partial charge in [0.1, 0.15) is 12.1 Å². The van der Waals surface area contributed by atoms with E-state index in [1.165, 1.54) is 19.3 Å². The third-order valence-corrected chi connectivity index (χ3v) is 3.56. The van der Waals surface area contributed by atoms with Crippen LogP contribution >= 0.6 is 0 Å². The molecule has 0 aromatic rings. The van der Waals surface area contributed by atoms with Gasteiger partial charge >= 0.3 is 5.97 Å². The molecular formula is C14H27NO3. The van der Waals surface area contributed by atoms with Crippen molar-refractivity contribution < 1.29 is 14.3 Å². The molecule has 4 heteroatoms. The summed E-state index contributed by atoms with van der Waals surface area (Å²) in [6, 6.07) is -0.579. The van der Waals surface area contributed by atoms with Crippen LogP contribution in [-0.2, 0) is 14.3 Å². The minimum Gasteiger partial charge on any atom is -0.458 e. The zero-order valence-electron chi connectivity index (χ0n) is 12.0. The lowest BCUT2D eigenvalue weighted by atomic mass is 9.86. The van der Waals surface area contributed by atoms with E-state index in [1.54, 1.807) is 6.92 Å². The number of ether oxygens (including phenoxy) is 2. The molecule has 0 heterocycles. The molecule has 0 radical (unpaired) electrons.